The molecule has 1 aliphatic rings. The van der Waals surface area contributed by atoms with Crippen LogP contribution in [-0.2, 0) is 0 Å². The SMILES string of the molecule is O=c1[nH]c(=O)n([C@H]2C=CCCC2)cc1Cl. The molecule has 5 heteroatoms. The van der Waals surface area contributed by atoms with Crippen molar-refractivity contribution in [3.05, 3.63) is 44.2 Å². The van der Waals surface area contributed by atoms with Crippen molar-refractivity contribution in [2.75, 3.05) is 0 Å². The lowest BCUT2D eigenvalue weighted by atomic mass is 10.0. The van der Waals surface area contributed by atoms with Gasteiger partial charge in [-0.1, -0.05) is 23.8 Å². The molecule has 0 radical (unpaired) electrons. The fraction of sp³-hybridized carbons (Fsp3) is 0.400. The summed E-state index contributed by atoms with van der Waals surface area (Å²) in [6, 6.07) is 0.0144. The van der Waals surface area contributed by atoms with Crippen LogP contribution in [0.15, 0.2) is 27.9 Å². The molecule has 1 N–H and O–H groups in total. The molecule has 0 unspecified atom stereocenters. The molecule has 1 atom stereocenters. The van der Waals surface area contributed by atoms with Crippen LogP contribution in [0.3, 0.4) is 0 Å². The minimum absolute atomic E-state index is 0.0144. The van der Waals surface area contributed by atoms with Crippen molar-refractivity contribution in [3.8, 4) is 0 Å². The van der Waals surface area contributed by atoms with Crippen molar-refractivity contribution >= 4 is 11.6 Å². The van der Waals surface area contributed by atoms with Crippen LogP contribution in [0.2, 0.25) is 5.02 Å². The van der Waals surface area contributed by atoms with Gasteiger partial charge in [-0.3, -0.25) is 14.3 Å². The first kappa shape index (κ1) is 10.2. The summed E-state index contributed by atoms with van der Waals surface area (Å²) in [5.74, 6) is 0. The maximum atomic E-state index is 11.5. The van der Waals surface area contributed by atoms with Gasteiger partial charge in [0.2, 0.25) is 0 Å². The number of aromatic nitrogens is 2. The topological polar surface area (TPSA) is 54.9 Å². The second kappa shape index (κ2) is 4.06. The van der Waals surface area contributed by atoms with Crippen LogP contribution in [0, 0.1) is 0 Å². The Bertz CT molecular complexity index is 501. The van der Waals surface area contributed by atoms with Crippen molar-refractivity contribution in [2.45, 2.75) is 25.3 Å². The Morgan fingerprint density at radius 3 is 2.93 bits per heavy atom. The monoisotopic (exact) mass is 226 g/mol. The number of rotatable bonds is 1. The van der Waals surface area contributed by atoms with E-state index >= 15 is 0 Å². The predicted molar refractivity (Wildman–Crippen MR) is 58.4 cm³/mol. The van der Waals surface area contributed by atoms with E-state index in [4.69, 9.17) is 11.6 Å². The van der Waals surface area contributed by atoms with Crippen molar-refractivity contribution in [3.63, 3.8) is 0 Å². The second-order valence-electron chi connectivity index (χ2n) is 3.57. The number of halogens is 1. The van der Waals surface area contributed by atoms with Crippen LogP contribution in [0.25, 0.3) is 0 Å². The lowest BCUT2D eigenvalue weighted by Gasteiger charge is -2.18. The molecular formula is C10H11ClN2O2. The average Bonchev–Trinajstić information content (AvgIpc) is 2.25. The van der Waals surface area contributed by atoms with Gasteiger partial charge in [0.05, 0.1) is 6.04 Å². The Morgan fingerprint density at radius 2 is 2.27 bits per heavy atom. The minimum Gasteiger partial charge on any atom is -0.292 e. The van der Waals surface area contributed by atoms with E-state index < -0.39 is 11.2 Å². The first-order valence-electron chi connectivity index (χ1n) is 4.86. The van der Waals surface area contributed by atoms with Crippen LogP contribution in [0.1, 0.15) is 25.3 Å². The van der Waals surface area contributed by atoms with Crippen LogP contribution in [0.5, 0.6) is 0 Å². The number of nitrogens with zero attached hydrogens (tertiary/aromatic N) is 1. The second-order valence-corrected chi connectivity index (χ2v) is 3.98. The zero-order valence-corrected chi connectivity index (χ0v) is 8.83. The molecule has 0 fully saturated rings. The Morgan fingerprint density at radius 1 is 1.47 bits per heavy atom. The predicted octanol–water partition coefficient (Wildman–Crippen LogP) is 1.47. The van der Waals surface area contributed by atoms with Crippen LogP contribution >= 0.6 is 11.6 Å². The number of H-pyrrole nitrogens is 1. The quantitative estimate of drug-likeness (QED) is 0.738. The highest BCUT2D eigenvalue weighted by atomic mass is 35.5. The summed E-state index contributed by atoms with van der Waals surface area (Å²) in [5.41, 5.74) is -0.932. The summed E-state index contributed by atoms with van der Waals surface area (Å²) in [4.78, 5) is 24.8. The molecule has 0 bridgehead atoms. The molecule has 4 nitrogen and oxygen atoms in total. The number of allylic oxidation sites excluding steroid dienone is 2. The summed E-state index contributed by atoms with van der Waals surface area (Å²) in [6.45, 7) is 0. The maximum absolute atomic E-state index is 11.5. The van der Waals surface area contributed by atoms with Gasteiger partial charge in [0.1, 0.15) is 5.02 Å². The van der Waals surface area contributed by atoms with Gasteiger partial charge in [-0.25, -0.2) is 4.79 Å². The number of nitrogens with one attached hydrogen (secondary N) is 1. The fourth-order valence-corrected chi connectivity index (χ4v) is 1.89. The molecule has 0 saturated heterocycles. The molecular weight excluding hydrogens is 216 g/mol. The fourth-order valence-electron chi connectivity index (χ4n) is 1.73. The lowest BCUT2D eigenvalue weighted by molar-refractivity contribution is 0.495. The molecule has 2 rings (SSSR count). The Hall–Kier alpha value is -1.29. The van der Waals surface area contributed by atoms with Gasteiger partial charge in [-0.05, 0) is 19.3 Å². The summed E-state index contributed by atoms with van der Waals surface area (Å²) in [6.07, 6.45) is 8.41. The summed E-state index contributed by atoms with van der Waals surface area (Å²) in [5, 5.41) is 0.0496. The van der Waals surface area contributed by atoms with E-state index in [0.29, 0.717) is 0 Å². The highest BCUT2D eigenvalue weighted by Gasteiger charge is 2.13. The Labute approximate surface area is 91.2 Å². The first-order chi connectivity index (χ1) is 7.18. The number of aromatic amines is 1. The third-order valence-electron chi connectivity index (χ3n) is 2.51. The lowest BCUT2D eigenvalue weighted by Crippen LogP contribution is -2.32. The van der Waals surface area contributed by atoms with Crippen molar-refractivity contribution in [1.29, 1.82) is 0 Å². The zero-order chi connectivity index (χ0) is 10.8. The van der Waals surface area contributed by atoms with Crippen molar-refractivity contribution < 1.29 is 0 Å². The maximum Gasteiger partial charge on any atom is 0.328 e. The molecule has 0 spiro atoms. The summed E-state index contributed by atoms with van der Waals surface area (Å²) >= 11 is 5.68. The van der Waals surface area contributed by atoms with Crippen molar-refractivity contribution in [1.82, 2.24) is 9.55 Å². The van der Waals surface area contributed by atoms with Crippen molar-refractivity contribution in [2.24, 2.45) is 0 Å². The van der Waals surface area contributed by atoms with E-state index in [-0.39, 0.29) is 11.1 Å². The molecule has 0 saturated carbocycles. The van der Waals surface area contributed by atoms with E-state index in [1.807, 2.05) is 12.2 Å². The van der Waals surface area contributed by atoms with Gasteiger partial charge >= 0.3 is 5.69 Å². The number of hydrogen-bond acceptors (Lipinski definition) is 2. The van der Waals surface area contributed by atoms with Crippen LogP contribution in [-0.4, -0.2) is 9.55 Å². The third-order valence-corrected chi connectivity index (χ3v) is 2.78. The van der Waals surface area contributed by atoms with Gasteiger partial charge in [-0.2, -0.15) is 0 Å². The van der Waals surface area contributed by atoms with Gasteiger partial charge in [0.15, 0.2) is 0 Å². The van der Waals surface area contributed by atoms with Gasteiger partial charge in [0.25, 0.3) is 5.56 Å². The van der Waals surface area contributed by atoms with Gasteiger partial charge < -0.3 is 0 Å². The van der Waals surface area contributed by atoms with Crippen LogP contribution < -0.4 is 11.2 Å². The zero-order valence-electron chi connectivity index (χ0n) is 8.07. The molecule has 0 aromatic carbocycles. The van der Waals surface area contributed by atoms with Gasteiger partial charge in [-0.15, -0.1) is 0 Å². The van der Waals surface area contributed by atoms with E-state index in [1.165, 1.54) is 10.8 Å². The van der Waals surface area contributed by atoms with Crippen LogP contribution in [0.4, 0.5) is 0 Å². The third kappa shape index (κ3) is 2.04. The average molecular weight is 227 g/mol. The summed E-state index contributed by atoms with van der Waals surface area (Å²) < 4.78 is 1.47. The van der Waals surface area contributed by atoms with E-state index in [9.17, 15) is 9.59 Å². The van der Waals surface area contributed by atoms with E-state index in [1.54, 1.807) is 0 Å². The smallest absolute Gasteiger partial charge is 0.292 e. The summed E-state index contributed by atoms with van der Waals surface area (Å²) in [7, 11) is 0. The minimum atomic E-state index is -0.530. The molecule has 0 amide bonds. The molecule has 0 aliphatic heterocycles. The molecule has 1 heterocycles. The standard InChI is InChI=1S/C10H11ClN2O2/c11-8-6-13(10(15)12-9(8)14)7-4-2-1-3-5-7/h2,4,6-7H,1,3,5H2,(H,12,14,15)/t7-/m0/s1. The first-order valence-corrected chi connectivity index (χ1v) is 5.24. The molecule has 1 aliphatic carbocycles. The molecule has 15 heavy (non-hydrogen) atoms. The van der Waals surface area contributed by atoms with Gasteiger partial charge in [0, 0.05) is 6.20 Å². The molecule has 80 valence electrons. The highest BCUT2D eigenvalue weighted by molar-refractivity contribution is 6.30. The normalized spacial score (nSPS) is 20.5. The Balaban J connectivity index is 2.48. The highest BCUT2D eigenvalue weighted by Crippen LogP contribution is 2.20. The molecule has 1 aromatic rings. The number of hydrogen-bond donors (Lipinski definition) is 1. The van der Waals surface area contributed by atoms with E-state index in [0.717, 1.165) is 19.3 Å². The Kier molecular flexibility index (Phi) is 2.77. The largest absolute Gasteiger partial charge is 0.328 e. The molecule has 1 aromatic heterocycles. The van der Waals surface area contributed by atoms with E-state index in [2.05, 4.69) is 4.98 Å².